The van der Waals surface area contributed by atoms with Crippen molar-refractivity contribution in [2.75, 3.05) is 13.2 Å². The molecule has 4 aromatic rings. The molecule has 3 aromatic carbocycles. The number of rotatable bonds is 9. The SMILES string of the molecule is CCCCC(=O)c1c(-c2ccc3cc(OCC(=O)OCC)ccc3c2)oc2ccc(Cl)cc12. The van der Waals surface area contributed by atoms with E-state index < -0.39 is 5.97 Å². The predicted octanol–water partition coefficient (Wildman–Crippen LogP) is 7.22. The van der Waals surface area contributed by atoms with Crippen molar-refractivity contribution in [2.45, 2.75) is 33.1 Å². The summed E-state index contributed by atoms with van der Waals surface area (Å²) in [5.41, 5.74) is 2.03. The van der Waals surface area contributed by atoms with Gasteiger partial charge in [-0.05, 0) is 60.5 Å². The summed E-state index contributed by atoms with van der Waals surface area (Å²) in [4.78, 5) is 24.6. The number of carbonyl (C=O) groups is 2. The molecule has 1 aromatic heterocycles. The van der Waals surface area contributed by atoms with E-state index in [2.05, 4.69) is 6.92 Å². The van der Waals surface area contributed by atoms with Gasteiger partial charge in [0, 0.05) is 22.4 Å². The molecule has 0 aliphatic carbocycles. The highest BCUT2D eigenvalue weighted by molar-refractivity contribution is 6.31. The van der Waals surface area contributed by atoms with Gasteiger partial charge in [-0.1, -0.05) is 43.1 Å². The van der Waals surface area contributed by atoms with Crippen molar-refractivity contribution in [2.24, 2.45) is 0 Å². The predicted molar refractivity (Wildman–Crippen MR) is 130 cm³/mol. The van der Waals surface area contributed by atoms with Crippen molar-refractivity contribution < 1.29 is 23.5 Å². The molecule has 0 amide bonds. The number of benzene rings is 3. The number of unbranched alkanes of at least 4 members (excludes halogenated alkanes) is 1. The van der Waals surface area contributed by atoms with Crippen molar-refractivity contribution in [3.8, 4) is 17.1 Å². The van der Waals surface area contributed by atoms with E-state index in [0.29, 0.717) is 40.7 Å². The van der Waals surface area contributed by atoms with Gasteiger partial charge in [-0.15, -0.1) is 0 Å². The average Bonchev–Trinajstić information content (AvgIpc) is 3.19. The lowest BCUT2D eigenvalue weighted by Gasteiger charge is -2.08. The fourth-order valence-electron chi connectivity index (χ4n) is 3.81. The number of esters is 1. The Morgan fingerprint density at radius 2 is 1.76 bits per heavy atom. The molecule has 170 valence electrons. The van der Waals surface area contributed by atoms with Crippen molar-refractivity contribution in [3.63, 3.8) is 0 Å². The van der Waals surface area contributed by atoms with Crippen LogP contribution in [0.25, 0.3) is 33.1 Å². The Morgan fingerprint density at radius 1 is 0.970 bits per heavy atom. The lowest BCUT2D eigenvalue weighted by atomic mass is 9.97. The zero-order valence-corrected chi connectivity index (χ0v) is 19.4. The molecule has 0 atom stereocenters. The largest absolute Gasteiger partial charge is 0.482 e. The van der Waals surface area contributed by atoms with Gasteiger partial charge in [0.2, 0.25) is 0 Å². The normalized spacial score (nSPS) is 11.1. The van der Waals surface area contributed by atoms with Crippen LogP contribution in [0.5, 0.6) is 5.75 Å². The maximum Gasteiger partial charge on any atom is 0.344 e. The molecule has 0 radical (unpaired) electrons. The molecular formula is C27H25ClO5. The van der Waals surface area contributed by atoms with E-state index in [1.807, 2.05) is 30.3 Å². The van der Waals surface area contributed by atoms with Gasteiger partial charge in [0.15, 0.2) is 12.4 Å². The molecule has 5 nitrogen and oxygen atoms in total. The number of halogens is 1. The summed E-state index contributed by atoms with van der Waals surface area (Å²) in [6.07, 6.45) is 2.21. The van der Waals surface area contributed by atoms with Gasteiger partial charge in [-0.25, -0.2) is 4.79 Å². The molecule has 4 rings (SSSR count). The first-order chi connectivity index (χ1) is 16.0. The van der Waals surface area contributed by atoms with Gasteiger partial charge >= 0.3 is 5.97 Å². The lowest BCUT2D eigenvalue weighted by molar-refractivity contribution is -0.145. The summed E-state index contributed by atoms with van der Waals surface area (Å²) in [6, 6.07) is 16.8. The number of ketones is 1. The van der Waals surface area contributed by atoms with Gasteiger partial charge in [0.05, 0.1) is 12.2 Å². The maximum absolute atomic E-state index is 13.1. The van der Waals surface area contributed by atoms with Gasteiger partial charge < -0.3 is 13.9 Å². The van der Waals surface area contributed by atoms with Gasteiger partial charge in [-0.2, -0.15) is 0 Å². The maximum atomic E-state index is 13.1. The smallest absolute Gasteiger partial charge is 0.344 e. The van der Waals surface area contributed by atoms with E-state index in [9.17, 15) is 9.59 Å². The Bertz CT molecular complexity index is 1320. The Kier molecular flexibility index (Phi) is 6.99. The van der Waals surface area contributed by atoms with E-state index >= 15 is 0 Å². The van der Waals surface area contributed by atoms with Crippen molar-refractivity contribution in [1.82, 2.24) is 0 Å². The fourth-order valence-corrected chi connectivity index (χ4v) is 3.98. The monoisotopic (exact) mass is 464 g/mol. The quantitative estimate of drug-likeness (QED) is 0.193. The number of Topliss-reactive ketones (excluding diaryl/α,β-unsaturated/α-hetero) is 1. The van der Waals surface area contributed by atoms with E-state index in [1.165, 1.54) is 0 Å². The minimum absolute atomic E-state index is 0.0516. The number of furan rings is 1. The molecule has 0 fully saturated rings. The van der Waals surface area contributed by atoms with E-state index in [0.717, 1.165) is 34.6 Å². The second-order valence-electron chi connectivity index (χ2n) is 7.79. The first-order valence-electron chi connectivity index (χ1n) is 11.1. The van der Waals surface area contributed by atoms with Crippen LogP contribution in [0, 0.1) is 0 Å². The van der Waals surface area contributed by atoms with Crippen LogP contribution in [-0.4, -0.2) is 25.0 Å². The Morgan fingerprint density at radius 3 is 2.55 bits per heavy atom. The fraction of sp³-hybridized carbons (Fsp3) is 0.259. The number of carbonyl (C=O) groups excluding carboxylic acids is 2. The molecule has 0 unspecified atom stereocenters. The molecule has 1 heterocycles. The van der Waals surface area contributed by atoms with Crippen LogP contribution in [0.1, 0.15) is 43.5 Å². The zero-order valence-electron chi connectivity index (χ0n) is 18.7. The summed E-state index contributed by atoms with van der Waals surface area (Å²) in [5, 5.41) is 3.20. The molecule has 0 spiro atoms. The highest BCUT2D eigenvalue weighted by Crippen LogP contribution is 2.37. The van der Waals surface area contributed by atoms with Crippen LogP contribution >= 0.6 is 11.6 Å². The van der Waals surface area contributed by atoms with Crippen LogP contribution in [0.3, 0.4) is 0 Å². The van der Waals surface area contributed by atoms with Crippen molar-refractivity contribution in [3.05, 3.63) is 65.2 Å². The second-order valence-corrected chi connectivity index (χ2v) is 8.23. The second kappa shape index (κ2) is 10.1. The van der Waals surface area contributed by atoms with Crippen molar-refractivity contribution >= 4 is 45.1 Å². The van der Waals surface area contributed by atoms with Gasteiger partial charge in [0.1, 0.15) is 17.1 Å². The van der Waals surface area contributed by atoms with E-state index in [-0.39, 0.29) is 12.4 Å². The molecular weight excluding hydrogens is 440 g/mol. The molecule has 0 aliphatic rings. The topological polar surface area (TPSA) is 65.7 Å². The summed E-state index contributed by atoms with van der Waals surface area (Å²) in [5.74, 6) is 0.781. The van der Waals surface area contributed by atoms with Crippen LogP contribution < -0.4 is 4.74 Å². The minimum atomic E-state index is -0.404. The molecule has 0 N–H and O–H groups in total. The molecule has 0 saturated carbocycles. The Hall–Kier alpha value is -3.31. The average molecular weight is 465 g/mol. The number of fused-ring (bicyclic) bond motifs is 2. The Labute approximate surface area is 197 Å². The van der Waals surface area contributed by atoms with Crippen LogP contribution in [0.4, 0.5) is 0 Å². The number of ether oxygens (including phenoxy) is 2. The summed E-state index contributed by atoms with van der Waals surface area (Å²) in [6.45, 7) is 4.00. The first kappa shape index (κ1) is 22.9. The molecule has 33 heavy (non-hydrogen) atoms. The molecule has 6 heteroatoms. The van der Waals surface area contributed by atoms with E-state index in [1.54, 1.807) is 31.2 Å². The van der Waals surface area contributed by atoms with Crippen LogP contribution in [0.2, 0.25) is 5.02 Å². The summed E-state index contributed by atoms with van der Waals surface area (Å²) in [7, 11) is 0. The number of hydrogen-bond acceptors (Lipinski definition) is 5. The molecule has 0 aliphatic heterocycles. The third kappa shape index (κ3) is 5.04. The van der Waals surface area contributed by atoms with Crippen LogP contribution in [0.15, 0.2) is 59.0 Å². The molecule has 0 saturated heterocycles. The first-order valence-corrected chi connectivity index (χ1v) is 11.5. The highest BCUT2D eigenvalue weighted by Gasteiger charge is 2.22. The van der Waals surface area contributed by atoms with Crippen LogP contribution in [-0.2, 0) is 9.53 Å². The highest BCUT2D eigenvalue weighted by atomic mass is 35.5. The molecule has 0 bridgehead atoms. The van der Waals surface area contributed by atoms with E-state index in [4.69, 9.17) is 25.5 Å². The summed E-state index contributed by atoms with van der Waals surface area (Å²) >= 11 is 6.22. The minimum Gasteiger partial charge on any atom is -0.482 e. The standard InChI is InChI=1S/C27H25ClO5/c1-3-5-6-23(29)26-22-15-20(28)10-12-24(22)33-27(26)19-8-7-18-14-21(11-9-17(18)13-19)32-16-25(30)31-4-2/h7-15H,3-6,16H2,1-2H3. The summed E-state index contributed by atoms with van der Waals surface area (Å²) < 4.78 is 16.6. The lowest BCUT2D eigenvalue weighted by Crippen LogP contribution is -2.14. The Balaban J connectivity index is 1.70. The van der Waals surface area contributed by atoms with Gasteiger partial charge in [0.25, 0.3) is 0 Å². The third-order valence-electron chi connectivity index (χ3n) is 5.42. The van der Waals surface area contributed by atoms with Crippen molar-refractivity contribution in [1.29, 1.82) is 0 Å². The zero-order chi connectivity index (χ0) is 23.4. The number of hydrogen-bond donors (Lipinski definition) is 0. The van der Waals surface area contributed by atoms with Gasteiger partial charge in [-0.3, -0.25) is 4.79 Å². The third-order valence-corrected chi connectivity index (χ3v) is 5.66.